The molecular weight excluding hydrogens is 238 g/mol. The van der Waals surface area contributed by atoms with Crippen LogP contribution >= 0.6 is 0 Å². The van der Waals surface area contributed by atoms with Gasteiger partial charge in [-0.05, 0) is 31.9 Å². The molecule has 0 spiro atoms. The summed E-state index contributed by atoms with van der Waals surface area (Å²) >= 11 is 0. The third-order valence-corrected chi connectivity index (χ3v) is 3.15. The maximum Gasteiger partial charge on any atom is 0.222 e. The molecule has 0 aliphatic rings. The molecule has 0 radical (unpaired) electrons. The van der Waals surface area contributed by atoms with Gasteiger partial charge in [0.1, 0.15) is 0 Å². The van der Waals surface area contributed by atoms with Gasteiger partial charge in [-0.15, -0.1) is 0 Å². The standard InChI is InChI=1S/C15H25N3O/c1-12(6-5-7-13(2)16)15(19)18-11-9-14-8-3-4-10-17-14/h3-4,8,10,12-13H,5-7,9,11,16H2,1-2H3,(H,18,19). The van der Waals surface area contributed by atoms with E-state index in [-0.39, 0.29) is 17.9 Å². The molecule has 106 valence electrons. The normalized spacial score (nSPS) is 13.8. The van der Waals surface area contributed by atoms with Crippen molar-refractivity contribution in [1.82, 2.24) is 10.3 Å². The zero-order valence-corrected chi connectivity index (χ0v) is 11.9. The Kier molecular flexibility index (Phi) is 7.11. The summed E-state index contributed by atoms with van der Waals surface area (Å²) in [5.74, 6) is 0.183. The fourth-order valence-corrected chi connectivity index (χ4v) is 1.91. The minimum absolute atomic E-state index is 0.0579. The van der Waals surface area contributed by atoms with Gasteiger partial charge in [-0.3, -0.25) is 9.78 Å². The molecule has 0 aromatic carbocycles. The molecule has 1 aromatic heterocycles. The predicted octanol–water partition coefficient (Wildman–Crippen LogP) is 1.89. The van der Waals surface area contributed by atoms with Crippen LogP contribution in [-0.2, 0) is 11.2 Å². The highest BCUT2D eigenvalue weighted by Gasteiger charge is 2.12. The van der Waals surface area contributed by atoms with Crippen molar-refractivity contribution in [3.05, 3.63) is 30.1 Å². The summed E-state index contributed by atoms with van der Waals surface area (Å²) in [5, 5.41) is 2.96. The van der Waals surface area contributed by atoms with E-state index in [0.29, 0.717) is 6.54 Å². The number of nitrogens with zero attached hydrogens (tertiary/aromatic N) is 1. The number of rotatable bonds is 8. The first-order chi connectivity index (χ1) is 9.09. The zero-order chi connectivity index (χ0) is 14.1. The van der Waals surface area contributed by atoms with E-state index in [1.165, 1.54) is 0 Å². The van der Waals surface area contributed by atoms with E-state index >= 15 is 0 Å². The van der Waals surface area contributed by atoms with Gasteiger partial charge in [0, 0.05) is 36.8 Å². The number of hydrogen-bond donors (Lipinski definition) is 2. The number of amides is 1. The Labute approximate surface area is 115 Å². The number of carbonyl (C=O) groups excluding carboxylic acids is 1. The van der Waals surface area contributed by atoms with Crippen LogP contribution in [0.5, 0.6) is 0 Å². The van der Waals surface area contributed by atoms with Crippen LogP contribution in [0.25, 0.3) is 0 Å². The molecule has 3 N–H and O–H groups in total. The van der Waals surface area contributed by atoms with Crippen molar-refractivity contribution in [2.24, 2.45) is 11.7 Å². The topological polar surface area (TPSA) is 68.0 Å². The molecule has 0 aliphatic carbocycles. The van der Waals surface area contributed by atoms with Gasteiger partial charge >= 0.3 is 0 Å². The summed E-state index contributed by atoms with van der Waals surface area (Å²) in [7, 11) is 0. The molecule has 1 heterocycles. The number of hydrogen-bond acceptors (Lipinski definition) is 3. The molecule has 0 bridgehead atoms. The van der Waals surface area contributed by atoms with Crippen molar-refractivity contribution in [2.45, 2.75) is 45.6 Å². The van der Waals surface area contributed by atoms with Crippen molar-refractivity contribution in [1.29, 1.82) is 0 Å². The van der Waals surface area contributed by atoms with E-state index in [1.807, 2.05) is 32.0 Å². The minimum atomic E-state index is 0.0579. The summed E-state index contributed by atoms with van der Waals surface area (Å²) in [4.78, 5) is 16.1. The molecule has 0 fully saturated rings. The fraction of sp³-hybridized carbons (Fsp3) is 0.600. The number of nitrogens with two attached hydrogens (primary N) is 1. The van der Waals surface area contributed by atoms with Crippen LogP contribution in [0.2, 0.25) is 0 Å². The quantitative estimate of drug-likeness (QED) is 0.752. The van der Waals surface area contributed by atoms with Crippen molar-refractivity contribution >= 4 is 5.91 Å². The van der Waals surface area contributed by atoms with Crippen LogP contribution in [-0.4, -0.2) is 23.5 Å². The molecule has 0 aliphatic heterocycles. The predicted molar refractivity (Wildman–Crippen MR) is 77.6 cm³/mol. The lowest BCUT2D eigenvalue weighted by atomic mass is 10.0. The maximum atomic E-state index is 11.8. The largest absolute Gasteiger partial charge is 0.355 e. The second-order valence-corrected chi connectivity index (χ2v) is 5.17. The smallest absolute Gasteiger partial charge is 0.222 e. The molecule has 2 unspecified atom stereocenters. The highest BCUT2D eigenvalue weighted by Crippen LogP contribution is 2.09. The van der Waals surface area contributed by atoms with Crippen molar-refractivity contribution in [2.75, 3.05) is 6.54 Å². The van der Waals surface area contributed by atoms with E-state index < -0.39 is 0 Å². The van der Waals surface area contributed by atoms with Gasteiger partial charge in [0.25, 0.3) is 0 Å². The molecule has 1 amide bonds. The highest BCUT2D eigenvalue weighted by molar-refractivity contribution is 5.78. The van der Waals surface area contributed by atoms with Crippen molar-refractivity contribution < 1.29 is 4.79 Å². The van der Waals surface area contributed by atoms with Crippen molar-refractivity contribution in [3.63, 3.8) is 0 Å². The Balaban J connectivity index is 2.16. The van der Waals surface area contributed by atoms with Crippen LogP contribution in [0.1, 0.15) is 38.8 Å². The molecule has 2 atom stereocenters. The van der Waals surface area contributed by atoms with Gasteiger partial charge in [0.2, 0.25) is 5.91 Å². The first kappa shape index (κ1) is 15.6. The molecule has 1 rings (SSSR count). The van der Waals surface area contributed by atoms with Gasteiger partial charge < -0.3 is 11.1 Å². The van der Waals surface area contributed by atoms with Crippen LogP contribution in [0, 0.1) is 5.92 Å². The number of carbonyl (C=O) groups is 1. The van der Waals surface area contributed by atoms with E-state index in [0.717, 1.165) is 31.4 Å². The summed E-state index contributed by atoms with van der Waals surface area (Å²) in [6, 6.07) is 6.04. The number of pyridine rings is 1. The fourth-order valence-electron chi connectivity index (χ4n) is 1.91. The van der Waals surface area contributed by atoms with Gasteiger partial charge in [-0.1, -0.05) is 19.4 Å². The Hall–Kier alpha value is -1.42. The van der Waals surface area contributed by atoms with Gasteiger partial charge in [0.15, 0.2) is 0 Å². The number of nitrogens with one attached hydrogen (secondary N) is 1. The second kappa shape index (κ2) is 8.64. The Morgan fingerprint density at radius 1 is 1.37 bits per heavy atom. The third-order valence-electron chi connectivity index (χ3n) is 3.15. The molecule has 1 aromatic rings. The maximum absolute atomic E-state index is 11.8. The summed E-state index contributed by atoms with van der Waals surface area (Å²) < 4.78 is 0. The molecule has 0 saturated carbocycles. The van der Waals surface area contributed by atoms with Crippen LogP contribution in [0.3, 0.4) is 0 Å². The lowest BCUT2D eigenvalue weighted by Crippen LogP contribution is -2.31. The summed E-state index contributed by atoms with van der Waals surface area (Å²) in [6.45, 7) is 4.61. The number of aromatic nitrogens is 1. The summed E-state index contributed by atoms with van der Waals surface area (Å²) in [5.41, 5.74) is 6.70. The monoisotopic (exact) mass is 263 g/mol. The lowest BCUT2D eigenvalue weighted by Gasteiger charge is -2.12. The molecule has 0 saturated heterocycles. The third kappa shape index (κ3) is 6.91. The first-order valence-electron chi connectivity index (χ1n) is 7.02. The van der Waals surface area contributed by atoms with Gasteiger partial charge in [-0.2, -0.15) is 0 Å². The molecule has 19 heavy (non-hydrogen) atoms. The van der Waals surface area contributed by atoms with Crippen LogP contribution in [0.15, 0.2) is 24.4 Å². The Morgan fingerprint density at radius 3 is 2.79 bits per heavy atom. The average molecular weight is 263 g/mol. The van der Waals surface area contributed by atoms with Gasteiger partial charge in [0.05, 0.1) is 0 Å². The van der Waals surface area contributed by atoms with Gasteiger partial charge in [-0.25, -0.2) is 0 Å². The average Bonchev–Trinajstić information content (AvgIpc) is 2.39. The molecule has 4 heteroatoms. The molecular formula is C15H25N3O. The zero-order valence-electron chi connectivity index (χ0n) is 11.9. The highest BCUT2D eigenvalue weighted by atomic mass is 16.1. The van der Waals surface area contributed by atoms with Crippen LogP contribution < -0.4 is 11.1 Å². The van der Waals surface area contributed by atoms with E-state index in [1.54, 1.807) is 6.20 Å². The first-order valence-corrected chi connectivity index (χ1v) is 7.02. The van der Waals surface area contributed by atoms with Crippen LogP contribution in [0.4, 0.5) is 0 Å². The Morgan fingerprint density at radius 2 is 2.16 bits per heavy atom. The molecule has 4 nitrogen and oxygen atoms in total. The second-order valence-electron chi connectivity index (χ2n) is 5.17. The van der Waals surface area contributed by atoms with Crippen molar-refractivity contribution in [3.8, 4) is 0 Å². The van der Waals surface area contributed by atoms with E-state index in [4.69, 9.17) is 5.73 Å². The SMILES string of the molecule is CC(N)CCCC(C)C(=O)NCCc1ccccn1. The lowest BCUT2D eigenvalue weighted by molar-refractivity contribution is -0.124. The van der Waals surface area contributed by atoms with E-state index in [2.05, 4.69) is 10.3 Å². The van der Waals surface area contributed by atoms with E-state index in [9.17, 15) is 4.79 Å². The summed E-state index contributed by atoms with van der Waals surface area (Å²) in [6.07, 6.45) is 5.43. The minimum Gasteiger partial charge on any atom is -0.355 e. The Bertz CT molecular complexity index is 365.